The summed E-state index contributed by atoms with van der Waals surface area (Å²) in [4.78, 5) is 24.0. The molecule has 2 atom stereocenters. The molecular formula is C16H21NO4. The Morgan fingerprint density at radius 1 is 1.33 bits per heavy atom. The van der Waals surface area contributed by atoms with E-state index < -0.39 is 18.2 Å². The van der Waals surface area contributed by atoms with Gasteiger partial charge in [0.25, 0.3) is 5.91 Å². The lowest BCUT2D eigenvalue weighted by molar-refractivity contribution is -0.162. The number of para-hydroxylation sites is 1. The maximum absolute atomic E-state index is 12.1. The monoisotopic (exact) mass is 291 g/mol. The maximum Gasteiger partial charge on any atom is 0.336 e. The van der Waals surface area contributed by atoms with Crippen molar-refractivity contribution in [3.8, 4) is 0 Å². The lowest BCUT2D eigenvalue weighted by Gasteiger charge is -2.17. The molecule has 0 radical (unpaired) electrons. The molecule has 2 rings (SSSR count). The highest BCUT2D eigenvalue weighted by molar-refractivity contribution is 5.96. The van der Waals surface area contributed by atoms with Crippen molar-refractivity contribution in [1.82, 2.24) is 0 Å². The number of esters is 1. The Morgan fingerprint density at radius 2 is 2.00 bits per heavy atom. The first-order valence-electron chi connectivity index (χ1n) is 7.18. The highest BCUT2D eigenvalue weighted by atomic mass is 16.6. The van der Waals surface area contributed by atoms with Gasteiger partial charge in [0.2, 0.25) is 0 Å². The van der Waals surface area contributed by atoms with Gasteiger partial charge in [0, 0.05) is 12.3 Å². The minimum Gasteiger partial charge on any atom is -0.451 e. The second-order valence-electron chi connectivity index (χ2n) is 5.34. The fourth-order valence-electron chi connectivity index (χ4n) is 2.30. The summed E-state index contributed by atoms with van der Waals surface area (Å²) >= 11 is 0. The molecule has 5 nitrogen and oxygen atoms in total. The number of benzene rings is 1. The number of carbonyl (C=O) groups is 2. The molecule has 114 valence electrons. The van der Waals surface area contributed by atoms with Crippen molar-refractivity contribution in [2.75, 3.05) is 11.9 Å². The number of nitrogens with one attached hydrogen (secondary N) is 1. The zero-order valence-corrected chi connectivity index (χ0v) is 12.6. The second-order valence-corrected chi connectivity index (χ2v) is 5.34. The van der Waals surface area contributed by atoms with Crippen LogP contribution >= 0.6 is 0 Å². The van der Waals surface area contributed by atoms with Gasteiger partial charge in [-0.1, -0.05) is 18.2 Å². The number of aryl methyl sites for hydroxylation is 2. The molecule has 0 saturated carbocycles. The molecule has 1 saturated heterocycles. The molecule has 1 aliphatic rings. The molecule has 1 fully saturated rings. The van der Waals surface area contributed by atoms with E-state index in [-0.39, 0.29) is 5.91 Å². The molecular weight excluding hydrogens is 270 g/mol. The van der Waals surface area contributed by atoms with Crippen LogP contribution in [0.15, 0.2) is 18.2 Å². The Bertz CT molecular complexity index is 515. The van der Waals surface area contributed by atoms with E-state index >= 15 is 0 Å². The Kier molecular flexibility index (Phi) is 4.96. The molecule has 1 N–H and O–H groups in total. The van der Waals surface area contributed by atoms with Crippen LogP contribution in [0.25, 0.3) is 0 Å². The van der Waals surface area contributed by atoms with Crippen molar-refractivity contribution in [1.29, 1.82) is 0 Å². The molecule has 1 aromatic rings. The third-order valence-corrected chi connectivity index (χ3v) is 3.58. The SMILES string of the molecule is Cc1cccc(C)c1NC(=O)[C@H](C)OC(=O)[C@@H]1CCCO1. The summed E-state index contributed by atoms with van der Waals surface area (Å²) in [5, 5.41) is 2.82. The molecule has 0 unspecified atom stereocenters. The number of carbonyl (C=O) groups excluding carboxylic acids is 2. The summed E-state index contributed by atoms with van der Waals surface area (Å²) < 4.78 is 10.4. The molecule has 0 spiro atoms. The van der Waals surface area contributed by atoms with Crippen molar-refractivity contribution in [3.63, 3.8) is 0 Å². The number of anilines is 1. The van der Waals surface area contributed by atoms with Gasteiger partial charge in [-0.25, -0.2) is 4.79 Å². The first-order chi connectivity index (χ1) is 9.99. The average Bonchev–Trinajstić information content (AvgIpc) is 2.97. The van der Waals surface area contributed by atoms with Crippen LogP contribution in [-0.2, 0) is 19.1 Å². The Balaban J connectivity index is 1.94. The Labute approximate surface area is 124 Å². The number of rotatable bonds is 4. The zero-order chi connectivity index (χ0) is 15.4. The first-order valence-corrected chi connectivity index (χ1v) is 7.18. The largest absolute Gasteiger partial charge is 0.451 e. The molecule has 1 aromatic carbocycles. The van der Waals surface area contributed by atoms with Gasteiger partial charge in [-0.2, -0.15) is 0 Å². The van der Waals surface area contributed by atoms with Crippen molar-refractivity contribution >= 4 is 17.6 Å². The van der Waals surface area contributed by atoms with E-state index in [2.05, 4.69) is 5.32 Å². The molecule has 1 amide bonds. The van der Waals surface area contributed by atoms with Crippen LogP contribution < -0.4 is 5.32 Å². The molecule has 0 bridgehead atoms. The smallest absolute Gasteiger partial charge is 0.336 e. The number of hydrogen-bond donors (Lipinski definition) is 1. The minimum absolute atomic E-state index is 0.334. The van der Waals surface area contributed by atoms with E-state index in [9.17, 15) is 9.59 Å². The molecule has 1 aliphatic heterocycles. The predicted molar refractivity (Wildman–Crippen MR) is 79.1 cm³/mol. The average molecular weight is 291 g/mol. The van der Waals surface area contributed by atoms with Crippen LogP contribution in [0.3, 0.4) is 0 Å². The van der Waals surface area contributed by atoms with Gasteiger partial charge < -0.3 is 14.8 Å². The van der Waals surface area contributed by atoms with Crippen LogP contribution in [0.4, 0.5) is 5.69 Å². The quantitative estimate of drug-likeness (QED) is 0.865. The fourth-order valence-corrected chi connectivity index (χ4v) is 2.30. The van der Waals surface area contributed by atoms with Gasteiger partial charge in [0.05, 0.1) is 0 Å². The standard InChI is InChI=1S/C16H21NO4/c1-10-6-4-7-11(2)14(10)17-15(18)12(3)21-16(19)13-8-5-9-20-13/h4,6-7,12-13H,5,8-9H2,1-3H3,(H,17,18)/t12-,13-/m0/s1. The molecule has 0 aliphatic carbocycles. The molecule has 0 aromatic heterocycles. The number of hydrogen-bond acceptors (Lipinski definition) is 4. The van der Waals surface area contributed by atoms with Crippen LogP contribution in [0.5, 0.6) is 0 Å². The van der Waals surface area contributed by atoms with Crippen molar-refractivity contribution in [3.05, 3.63) is 29.3 Å². The predicted octanol–water partition coefficient (Wildman–Crippen LogP) is 2.35. The normalized spacial score (nSPS) is 19.1. The van der Waals surface area contributed by atoms with E-state index in [1.165, 1.54) is 0 Å². The van der Waals surface area contributed by atoms with Gasteiger partial charge in [0.1, 0.15) is 0 Å². The Morgan fingerprint density at radius 3 is 2.57 bits per heavy atom. The number of amides is 1. The Hall–Kier alpha value is -1.88. The third kappa shape index (κ3) is 3.82. The van der Waals surface area contributed by atoms with Gasteiger partial charge in [-0.3, -0.25) is 4.79 Å². The summed E-state index contributed by atoms with van der Waals surface area (Å²) in [6, 6.07) is 5.78. The van der Waals surface area contributed by atoms with E-state index in [0.29, 0.717) is 13.0 Å². The second kappa shape index (κ2) is 6.72. The summed E-state index contributed by atoms with van der Waals surface area (Å²) in [5.74, 6) is -0.796. The van der Waals surface area contributed by atoms with Gasteiger partial charge >= 0.3 is 5.97 Å². The highest BCUT2D eigenvalue weighted by Gasteiger charge is 2.28. The lowest BCUT2D eigenvalue weighted by atomic mass is 10.1. The van der Waals surface area contributed by atoms with Crippen LogP contribution in [0.2, 0.25) is 0 Å². The zero-order valence-electron chi connectivity index (χ0n) is 12.6. The summed E-state index contributed by atoms with van der Waals surface area (Å²) in [6.07, 6.45) is 0.133. The van der Waals surface area contributed by atoms with Crippen LogP contribution in [0, 0.1) is 13.8 Å². The maximum atomic E-state index is 12.1. The van der Waals surface area contributed by atoms with Crippen molar-refractivity contribution in [2.24, 2.45) is 0 Å². The summed E-state index contributed by atoms with van der Waals surface area (Å²) in [6.45, 7) is 5.98. The highest BCUT2D eigenvalue weighted by Crippen LogP contribution is 2.20. The summed E-state index contributed by atoms with van der Waals surface area (Å²) in [5.41, 5.74) is 2.71. The lowest BCUT2D eigenvalue weighted by Crippen LogP contribution is -2.34. The van der Waals surface area contributed by atoms with E-state index in [0.717, 1.165) is 23.2 Å². The van der Waals surface area contributed by atoms with Gasteiger partial charge in [-0.05, 0) is 44.7 Å². The molecule has 1 heterocycles. The van der Waals surface area contributed by atoms with Crippen molar-refractivity contribution in [2.45, 2.75) is 45.8 Å². The fraction of sp³-hybridized carbons (Fsp3) is 0.500. The third-order valence-electron chi connectivity index (χ3n) is 3.58. The summed E-state index contributed by atoms with van der Waals surface area (Å²) in [7, 11) is 0. The van der Waals surface area contributed by atoms with Crippen LogP contribution in [-0.4, -0.2) is 30.7 Å². The minimum atomic E-state index is -0.847. The van der Waals surface area contributed by atoms with Crippen LogP contribution in [0.1, 0.15) is 30.9 Å². The van der Waals surface area contributed by atoms with E-state index in [4.69, 9.17) is 9.47 Å². The van der Waals surface area contributed by atoms with Gasteiger partial charge in [0.15, 0.2) is 12.2 Å². The van der Waals surface area contributed by atoms with Crippen molar-refractivity contribution < 1.29 is 19.1 Å². The van der Waals surface area contributed by atoms with Gasteiger partial charge in [-0.15, -0.1) is 0 Å². The van der Waals surface area contributed by atoms with E-state index in [1.54, 1.807) is 6.92 Å². The number of ether oxygens (including phenoxy) is 2. The van der Waals surface area contributed by atoms with E-state index in [1.807, 2.05) is 32.0 Å². The first kappa shape index (κ1) is 15.5. The molecule has 5 heteroatoms. The topological polar surface area (TPSA) is 64.6 Å². The molecule has 21 heavy (non-hydrogen) atoms.